The standard InChI is InChI=1S/C22H25N3O4/c1-6-8-17(7-2)22-23-20(29-24-22)13-25(15(3)4)21(27)14-28-19-11-9-18(10-12-19)16(5)26/h6-12,15H,1-2,13-14H2,3-5H3/b17-8+. The van der Waals surface area contributed by atoms with Crippen molar-refractivity contribution in [2.75, 3.05) is 6.61 Å². The monoisotopic (exact) mass is 395 g/mol. The molecule has 0 unspecified atom stereocenters. The van der Waals surface area contributed by atoms with Gasteiger partial charge in [-0.05, 0) is 45.0 Å². The summed E-state index contributed by atoms with van der Waals surface area (Å²) < 4.78 is 10.8. The van der Waals surface area contributed by atoms with Gasteiger partial charge in [-0.1, -0.05) is 36.5 Å². The Bertz CT molecular complexity index is 910. The highest BCUT2D eigenvalue weighted by atomic mass is 16.5. The number of ether oxygens (including phenoxy) is 1. The van der Waals surface area contributed by atoms with E-state index in [1.807, 2.05) is 13.8 Å². The molecule has 0 saturated heterocycles. The summed E-state index contributed by atoms with van der Waals surface area (Å²) in [6.07, 6.45) is 4.93. The number of benzene rings is 1. The summed E-state index contributed by atoms with van der Waals surface area (Å²) in [6, 6.07) is 6.56. The lowest BCUT2D eigenvalue weighted by Gasteiger charge is -2.25. The van der Waals surface area contributed by atoms with Gasteiger partial charge in [-0.15, -0.1) is 0 Å². The van der Waals surface area contributed by atoms with Crippen LogP contribution in [0.3, 0.4) is 0 Å². The zero-order valence-corrected chi connectivity index (χ0v) is 16.9. The number of hydrogen-bond donors (Lipinski definition) is 0. The second-order valence-electron chi connectivity index (χ2n) is 6.56. The number of carbonyl (C=O) groups excluding carboxylic acids is 2. The molecule has 1 amide bonds. The number of amides is 1. The van der Waals surface area contributed by atoms with Gasteiger partial charge in [-0.25, -0.2) is 0 Å². The molecule has 152 valence electrons. The molecule has 0 aliphatic carbocycles. The minimum Gasteiger partial charge on any atom is -0.484 e. The molecule has 29 heavy (non-hydrogen) atoms. The van der Waals surface area contributed by atoms with Crippen LogP contribution in [0.1, 0.15) is 42.8 Å². The van der Waals surface area contributed by atoms with Gasteiger partial charge in [0.2, 0.25) is 11.7 Å². The molecule has 0 atom stereocenters. The van der Waals surface area contributed by atoms with Crippen LogP contribution in [0.4, 0.5) is 0 Å². The number of allylic oxidation sites excluding steroid dienone is 4. The number of aromatic nitrogens is 2. The molecule has 2 aromatic rings. The fourth-order valence-electron chi connectivity index (χ4n) is 2.52. The minimum atomic E-state index is -0.221. The van der Waals surface area contributed by atoms with Crippen molar-refractivity contribution in [3.05, 3.63) is 72.9 Å². The summed E-state index contributed by atoms with van der Waals surface area (Å²) in [5.74, 6) is 0.955. The van der Waals surface area contributed by atoms with Gasteiger partial charge in [0.15, 0.2) is 12.4 Å². The van der Waals surface area contributed by atoms with Gasteiger partial charge >= 0.3 is 0 Å². The fourth-order valence-corrected chi connectivity index (χ4v) is 2.52. The molecule has 0 bridgehead atoms. The van der Waals surface area contributed by atoms with E-state index in [0.29, 0.717) is 28.6 Å². The number of nitrogens with zero attached hydrogens (tertiary/aromatic N) is 3. The van der Waals surface area contributed by atoms with Gasteiger partial charge < -0.3 is 14.2 Å². The Morgan fingerprint density at radius 3 is 2.48 bits per heavy atom. The lowest BCUT2D eigenvalue weighted by Crippen LogP contribution is -2.39. The van der Waals surface area contributed by atoms with Crippen molar-refractivity contribution in [3.63, 3.8) is 0 Å². The average molecular weight is 395 g/mol. The van der Waals surface area contributed by atoms with Crippen molar-refractivity contribution >= 4 is 17.3 Å². The van der Waals surface area contributed by atoms with Crippen LogP contribution < -0.4 is 4.74 Å². The van der Waals surface area contributed by atoms with Crippen LogP contribution in [0.2, 0.25) is 0 Å². The largest absolute Gasteiger partial charge is 0.484 e. The lowest BCUT2D eigenvalue weighted by molar-refractivity contribution is -0.136. The highest BCUT2D eigenvalue weighted by molar-refractivity contribution is 5.94. The Kier molecular flexibility index (Phi) is 7.65. The first-order valence-corrected chi connectivity index (χ1v) is 9.17. The van der Waals surface area contributed by atoms with Crippen molar-refractivity contribution in [1.29, 1.82) is 0 Å². The molecule has 7 nitrogen and oxygen atoms in total. The quantitative estimate of drug-likeness (QED) is 0.449. The molecule has 1 aromatic heterocycles. The smallest absolute Gasteiger partial charge is 0.261 e. The van der Waals surface area contributed by atoms with Gasteiger partial charge in [-0.3, -0.25) is 9.59 Å². The summed E-state index contributed by atoms with van der Waals surface area (Å²) in [4.78, 5) is 29.9. The molecule has 2 rings (SSSR count). The Labute approximate surface area is 170 Å². The maximum Gasteiger partial charge on any atom is 0.261 e. The maximum atomic E-state index is 12.7. The van der Waals surface area contributed by atoms with E-state index >= 15 is 0 Å². The second kappa shape index (κ2) is 10.2. The van der Waals surface area contributed by atoms with Crippen LogP contribution in [0.25, 0.3) is 5.57 Å². The maximum absolute atomic E-state index is 12.7. The number of Topliss-reactive ketones (excluding diaryl/α,β-unsaturated/α-hetero) is 1. The average Bonchev–Trinajstić information content (AvgIpc) is 3.17. The zero-order valence-electron chi connectivity index (χ0n) is 16.9. The van der Waals surface area contributed by atoms with Crippen LogP contribution in [0.5, 0.6) is 5.75 Å². The lowest BCUT2D eigenvalue weighted by atomic mass is 10.1. The Morgan fingerprint density at radius 2 is 1.93 bits per heavy atom. The molecule has 0 spiro atoms. The van der Waals surface area contributed by atoms with Gasteiger partial charge in [0.05, 0.1) is 0 Å². The number of rotatable bonds is 10. The first kappa shape index (κ1) is 21.8. The molecular formula is C22H25N3O4. The van der Waals surface area contributed by atoms with Crippen LogP contribution >= 0.6 is 0 Å². The third kappa shape index (κ3) is 6.00. The second-order valence-corrected chi connectivity index (χ2v) is 6.56. The predicted octanol–water partition coefficient (Wildman–Crippen LogP) is 3.84. The zero-order chi connectivity index (χ0) is 21.4. The van der Waals surface area contributed by atoms with Crippen molar-refractivity contribution < 1.29 is 18.8 Å². The highest BCUT2D eigenvalue weighted by Crippen LogP contribution is 2.16. The Balaban J connectivity index is 2.03. The minimum absolute atomic E-state index is 0.0277. The van der Waals surface area contributed by atoms with E-state index < -0.39 is 0 Å². The van der Waals surface area contributed by atoms with E-state index in [0.717, 1.165) is 0 Å². The summed E-state index contributed by atoms with van der Waals surface area (Å²) in [7, 11) is 0. The third-order valence-corrected chi connectivity index (χ3v) is 4.12. The van der Waals surface area contributed by atoms with E-state index in [2.05, 4.69) is 23.3 Å². The molecule has 1 aromatic carbocycles. The molecule has 7 heteroatoms. The predicted molar refractivity (Wildman–Crippen MR) is 110 cm³/mol. The number of hydrogen-bond acceptors (Lipinski definition) is 6. The number of carbonyl (C=O) groups is 2. The molecule has 0 aliphatic heterocycles. The highest BCUT2D eigenvalue weighted by Gasteiger charge is 2.21. The summed E-state index contributed by atoms with van der Waals surface area (Å²) >= 11 is 0. The van der Waals surface area contributed by atoms with E-state index in [-0.39, 0.29) is 30.9 Å². The van der Waals surface area contributed by atoms with Gasteiger partial charge in [0, 0.05) is 17.2 Å². The number of ketones is 1. The molecular weight excluding hydrogens is 370 g/mol. The SMILES string of the molecule is C=C/C=C(\C=C)c1noc(CN(C(=O)COc2ccc(C(C)=O)cc2)C(C)C)n1. The first-order chi connectivity index (χ1) is 13.8. The summed E-state index contributed by atoms with van der Waals surface area (Å²) in [6.45, 7) is 12.6. The topological polar surface area (TPSA) is 85.5 Å². The Hall–Kier alpha value is -3.48. The van der Waals surface area contributed by atoms with E-state index in [9.17, 15) is 9.59 Å². The summed E-state index contributed by atoms with van der Waals surface area (Å²) in [5.41, 5.74) is 1.26. The molecule has 0 aliphatic rings. The molecule has 1 heterocycles. The fraction of sp³-hybridized carbons (Fsp3) is 0.273. The Morgan fingerprint density at radius 1 is 1.24 bits per heavy atom. The van der Waals surface area contributed by atoms with Crippen molar-refractivity contribution in [3.8, 4) is 5.75 Å². The van der Waals surface area contributed by atoms with E-state index in [4.69, 9.17) is 9.26 Å². The van der Waals surface area contributed by atoms with Crippen LogP contribution in [-0.2, 0) is 11.3 Å². The van der Waals surface area contributed by atoms with Crippen LogP contribution in [0, 0.1) is 0 Å². The molecule has 0 saturated carbocycles. The van der Waals surface area contributed by atoms with Crippen LogP contribution in [-0.4, -0.2) is 39.4 Å². The van der Waals surface area contributed by atoms with Gasteiger partial charge in [0.1, 0.15) is 12.3 Å². The van der Waals surface area contributed by atoms with Crippen molar-refractivity contribution in [2.45, 2.75) is 33.4 Å². The molecule has 0 radical (unpaired) electrons. The van der Waals surface area contributed by atoms with Gasteiger partial charge in [-0.2, -0.15) is 4.98 Å². The first-order valence-electron chi connectivity index (χ1n) is 9.17. The van der Waals surface area contributed by atoms with Crippen LogP contribution in [0.15, 0.2) is 60.2 Å². The van der Waals surface area contributed by atoms with E-state index in [1.165, 1.54) is 6.92 Å². The summed E-state index contributed by atoms with van der Waals surface area (Å²) in [5, 5.41) is 3.92. The molecule has 0 fully saturated rings. The van der Waals surface area contributed by atoms with Crippen molar-refractivity contribution in [2.24, 2.45) is 0 Å². The third-order valence-electron chi connectivity index (χ3n) is 4.12. The van der Waals surface area contributed by atoms with E-state index in [1.54, 1.807) is 47.4 Å². The van der Waals surface area contributed by atoms with Crippen molar-refractivity contribution in [1.82, 2.24) is 15.0 Å². The molecule has 0 N–H and O–H groups in total. The van der Waals surface area contributed by atoms with Gasteiger partial charge in [0.25, 0.3) is 5.91 Å². The normalized spacial score (nSPS) is 11.2.